The molecule has 0 radical (unpaired) electrons. The fourth-order valence-electron chi connectivity index (χ4n) is 12.8. The Kier molecular flexibility index (Phi) is 12.2. The van der Waals surface area contributed by atoms with Crippen molar-refractivity contribution in [3.8, 4) is 89.7 Å². The predicted molar refractivity (Wildman–Crippen MR) is 335 cm³/mol. The number of fused-ring (bicyclic) bond motifs is 8. The van der Waals surface area contributed by atoms with Gasteiger partial charge in [-0.25, -0.2) is 19.9 Å². The zero-order chi connectivity index (χ0) is 55.0. The van der Waals surface area contributed by atoms with Crippen LogP contribution in [-0.4, -0.2) is 19.9 Å². The molecule has 10 aromatic carbocycles. The molecule has 2 aromatic heterocycles. The van der Waals surface area contributed by atoms with Crippen molar-refractivity contribution in [1.82, 2.24) is 19.9 Å². The molecule has 80 heavy (non-hydrogen) atoms. The number of aromatic nitrogens is 4. The van der Waals surface area contributed by atoms with E-state index < -0.39 is 0 Å². The van der Waals surface area contributed by atoms with Gasteiger partial charge in [-0.15, -0.1) is 0 Å². The van der Waals surface area contributed by atoms with Gasteiger partial charge in [-0.3, -0.25) is 0 Å². The standard InChI is InChI=1S/2C38H32N2/c1-37(2)31-23-22-27(36-35(26-16-9-6-10-17-26)39-32-20-11-12-21-33(32)40-36)24-30(31)29-19-13-18-28(34(29)38(37,3)4)25-14-7-5-8-15-25;1-37(2)32-23-22-27(36-39-33-21-12-11-18-30(33)35(40-36)26-16-9-6-10-17-26)24-31(32)29-20-13-19-28(34(29)38(37,3)4)25-14-7-5-8-15-25/h2*5-24H,1-4H3. The first-order valence-corrected chi connectivity index (χ1v) is 28.1. The number of rotatable bonds is 6. The van der Waals surface area contributed by atoms with Crippen LogP contribution >= 0.6 is 0 Å². The fourth-order valence-corrected chi connectivity index (χ4v) is 12.8. The summed E-state index contributed by atoms with van der Waals surface area (Å²) in [6, 6.07) is 86.2. The molecular weight excluding hydrogens is 969 g/mol. The molecule has 0 N–H and O–H groups in total. The summed E-state index contributed by atoms with van der Waals surface area (Å²) in [5.74, 6) is 0.753. The Hall–Kier alpha value is -9.12. The quantitative estimate of drug-likeness (QED) is 0.167. The van der Waals surface area contributed by atoms with E-state index in [0.717, 1.165) is 67.1 Å². The summed E-state index contributed by atoms with van der Waals surface area (Å²) in [6.07, 6.45) is 0. The Morgan fingerprint density at radius 1 is 0.237 bits per heavy atom. The topological polar surface area (TPSA) is 51.6 Å². The van der Waals surface area contributed by atoms with Gasteiger partial charge in [0, 0.05) is 38.5 Å². The summed E-state index contributed by atoms with van der Waals surface area (Å²) in [6.45, 7) is 19.1. The van der Waals surface area contributed by atoms with Crippen molar-refractivity contribution in [1.29, 1.82) is 0 Å². The summed E-state index contributed by atoms with van der Waals surface area (Å²) in [5, 5.41) is 1.07. The van der Waals surface area contributed by atoms with Gasteiger partial charge in [0.2, 0.25) is 0 Å². The Morgan fingerprint density at radius 3 is 1.10 bits per heavy atom. The number of para-hydroxylation sites is 3. The Morgan fingerprint density at radius 2 is 0.613 bits per heavy atom. The first kappa shape index (κ1) is 50.4. The maximum absolute atomic E-state index is 5.19. The third-order valence-corrected chi connectivity index (χ3v) is 18.4. The van der Waals surface area contributed by atoms with E-state index in [-0.39, 0.29) is 21.7 Å². The molecule has 0 amide bonds. The Labute approximate surface area is 471 Å². The zero-order valence-corrected chi connectivity index (χ0v) is 46.9. The average Bonchev–Trinajstić information content (AvgIpc) is 3.66. The minimum absolute atomic E-state index is 0.0801. The zero-order valence-electron chi connectivity index (χ0n) is 46.9. The van der Waals surface area contributed by atoms with Crippen molar-refractivity contribution >= 4 is 21.9 Å². The van der Waals surface area contributed by atoms with Crippen LogP contribution in [0.1, 0.15) is 77.6 Å². The lowest BCUT2D eigenvalue weighted by atomic mass is 9.54. The van der Waals surface area contributed by atoms with Gasteiger partial charge in [-0.1, -0.05) is 268 Å². The van der Waals surface area contributed by atoms with Crippen LogP contribution in [-0.2, 0) is 21.7 Å². The van der Waals surface area contributed by atoms with Gasteiger partial charge in [0.25, 0.3) is 0 Å². The maximum atomic E-state index is 5.19. The van der Waals surface area contributed by atoms with Crippen LogP contribution in [0.3, 0.4) is 0 Å². The highest BCUT2D eigenvalue weighted by atomic mass is 14.9. The normalized spacial score (nSPS) is 14.9. The molecule has 4 nitrogen and oxygen atoms in total. The molecule has 2 heterocycles. The SMILES string of the molecule is CC1(C)c2ccc(-c3nc(-c4ccccc4)c4ccccc4n3)cc2-c2cccc(-c3ccccc3)c2C1(C)C.CC1(C)c2ccc(-c3nc4ccccc4nc3-c3ccccc3)cc2-c2cccc(-c3ccccc3)c2C1(C)C. The molecule has 14 rings (SSSR count). The van der Waals surface area contributed by atoms with Gasteiger partial charge in [0.05, 0.1) is 33.6 Å². The van der Waals surface area contributed by atoms with Gasteiger partial charge >= 0.3 is 0 Å². The van der Waals surface area contributed by atoms with E-state index in [4.69, 9.17) is 19.9 Å². The molecule has 0 atom stereocenters. The summed E-state index contributed by atoms with van der Waals surface area (Å²) < 4.78 is 0. The third-order valence-electron chi connectivity index (χ3n) is 18.4. The second-order valence-corrected chi connectivity index (χ2v) is 23.8. The fraction of sp³-hybridized carbons (Fsp3) is 0.158. The van der Waals surface area contributed by atoms with Crippen molar-refractivity contribution < 1.29 is 0 Å². The van der Waals surface area contributed by atoms with Crippen LogP contribution in [0.5, 0.6) is 0 Å². The van der Waals surface area contributed by atoms with E-state index in [2.05, 4.69) is 256 Å². The lowest BCUT2D eigenvalue weighted by Crippen LogP contribution is -2.44. The smallest absolute Gasteiger partial charge is 0.160 e. The number of hydrogen-bond donors (Lipinski definition) is 0. The largest absolute Gasteiger partial charge is 0.244 e. The predicted octanol–water partition coefficient (Wildman–Crippen LogP) is 19.7. The van der Waals surface area contributed by atoms with Gasteiger partial charge in [0.15, 0.2) is 5.82 Å². The molecule has 0 fully saturated rings. The average molecular weight is 1030 g/mol. The molecule has 388 valence electrons. The molecule has 0 bridgehead atoms. The van der Waals surface area contributed by atoms with Crippen LogP contribution in [0.2, 0.25) is 0 Å². The molecule has 4 heteroatoms. The highest BCUT2D eigenvalue weighted by Gasteiger charge is 2.48. The van der Waals surface area contributed by atoms with Crippen LogP contribution in [0.25, 0.3) is 112 Å². The van der Waals surface area contributed by atoms with Crippen molar-refractivity contribution in [2.45, 2.75) is 77.0 Å². The van der Waals surface area contributed by atoms with Gasteiger partial charge < -0.3 is 0 Å². The minimum Gasteiger partial charge on any atom is -0.244 e. The molecule has 12 aromatic rings. The third kappa shape index (κ3) is 8.19. The Balaban J connectivity index is 0.000000151. The van der Waals surface area contributed by atoms with E-state index in [1.54, 1.807) is 0 Å². The number of benzene rings is 10. The highest BCUT2D eigenvalue weighted by molar-refractivity contribution is 5.95. The van der Waals surface area contributed by atoms with Gasteiger partial charge in [-0.2, -0.15) is 0 Å². The molecule has 2 aliphatic rings. The molecule has 0 saturated carbocycles. The van der Waals surface area contributed by atoms with Crippen molar-refractivity contribution in [2.24, 2.45) is 0 Å². The number of nitrogens with zero attached hydrogens (tertiary/aromatic N) is 4. The molecule has 0 unspecified atom stereocenters. The number of hydrogen-bond acceptors (Lipinski definition) is 4. The molecule has 2 aliphatic carbocycles. The minimum atomic E-state index is -0.0872. The second-order valence-electron chi connectivity index (χ2n) is 23.8. The van der Waals surface area contributed by atoms with Crippen molar-refractivity contribution in [3.05, 3.63) is 265 Å². The van der Waals surface area contributed by atoms with Crippen LogP contribution in [0, 0.1) is 0 Å². The van der Waals surface area contributed by atoms with Gasteiger partial charge in [-0.05, 0) is 108 Å². The van der Waals surface area contributed by atoms with E-state index in [0.29, 0.717) is 0 Å². The Bertz CT molecular complexity index is 4330. The highest BCUT2D eigenvalue weighted by Crippen LogP contribution is 2.58. The van der Waals surface area contributed by atoms with Gasteiger partial charge in [0.1, 0.15) is 0 Å². The maximum Gasteiger partial charge on any atom is 0.160 e. The van der Waals surface area contributed by atoms with E-state index in [1.807, 2.05) is 42.5 Å². The van der Waals surface area contributed by atoms with Crippen molar-refractivity contribution in [2.75, 3.05) is 0 Å². The molecule has 0 saturated heterocycles. The molecular formula is C76H64N4. The first-order valence-electron chi connectivity index (χ1n) is 28.1. The summed E-state index contributed by atoms with van der Waals surface area (Å²) in [5.41, 5.74) is 25.3. The van der Waals surface area contributed by atoms with E-state index in [9.17, 15) is 0 Å². The van der Waals surface area contributed by atoms with E-state index in [1.165, 1.54) is 66.8 Å². The lowest BCUT2D eigenvalue weighted by molar-refractivity contribution is 0.300. The second kappa shape index (κ2) is 19.4. The van der Waals surface area contributed by atoms with Crippen LogP contribution < -0.4 is 0 Å². The summed E-state index contributed by atoms with van der Waals surface area (Å²) in [4.78, 5) is 20.5. The van der Waals surface area contributed by atoms with Crippen LogP contribution in [0.15, 0.2) is 243 Å². The lowest BCUT2D eigenvalue weighted by Gasteiger charge is -2.49. The van der Waals surface area contributed by atoms with Crippen molar-refractivity contribution in [3.63, 3.8) is 0 Å². The first-order chi connectivity index (χ1) is 38.7. The van der Waals surface area contributed by atoms with Crippen LogP contribution in [0.4, 0.5) is 0 Å². The molecule has 0 spiro atoms. The molecule has 0 aliphatic heterocycles. The monoisotopic (exact) mass is 1030 g/mol. The summed E-state index contributed by atoms with van der Waals surface area (Å²) in [7, 11) is 0. The summed E-state index contributed by atoms with van der Waals surface area (Å²) >= 11 is 0. The van der Waals surface area contributed by atoms with E-state index >= 15 is 0 Å².